The number of benzene rings is 2. The number of rotatable bonds is 6. The summed E-state index contributed by atoms with van der Waals surface area (Å²) in [5.41, 5.74) is 1.10. The molecule has 1 aromatic heterocycles. The number of hydrogen-bond acceptors (Lipinski definition) is 6. The Hall–Kier alpha value is -3.20. The Kier molecular flexibility index (Phi) is 7.08. The van der Waals surface area contributed by atoms with Crippen LogP contribution in [0.3, 0.4) is 0 Å². The van der Waals surface area contributed by atoms with Crippen molar-refractivity contribution in [3.63, 3.8) is 0 Å². The minimum absolute atomic E-state index is 0.0595. The first kappa shape index (κ1) is 23.0. The van der Waals surface area contributed by atoms with Gasteiger partial charge in [0.05, 0.1) is 18.4 Å². The maximum Gasteiger partial charge on any atom is 0.318 e. The summed E-state index contributed by atoms with van der Waals surface area (Å²) < 4.78 is 21.5. The van der Waals surface area contributed by atoms with Crippen molar-refractivity contribution in [2.24, 2.45) is 0 Å². The van der Waals surface area contributed by atoms with E-state index in [2.05, 4.69) is 20.1 Å². The van der Waals surface area contributed by atoms with Gasteiger partial charge in [-0.1, -0.05) is 18.6 Å². The van der Waals surface area contributed by atoms with Crippen LogP contribution in [-0.4, -0.2) is 39.0 Å². The van der Waals surface area contributed by atoms with E-state index < -0.39 is 17.0 Å². The van der Waals surface area contributed by atoms with Gasteiger partial charge in [-0.15, -0.1) is 22.0 Å². The minimum atomic E-state index is -0.546. The van der Waals surface area contributed by atoms with Gasteiger partial charge in [0.2, 0.25) is 0 Å². The van der Waals surface area contributed by atoms with E-state index in [4.69, 9.17) is 4.74 Å². The highest BCUT2D eigenvalue weighted by molar-refractivity contribution is 8.00. The van der Waals surface area contributed by atoms with Crippen LogP contribution >= 0.6 is 11.8 Å². The summed E-state index contributed by atoms with van der Waals surface area (Å²) in [6, 6.07) is 11.4. The number of nitrogens with one attached hydrogen (secondary N) is 1. The third-order valence-electron chi connectivity index (χ3n) is 5.55. The molecule has 0 radical (unpaired) electrons. The summed E-state index contributed by atoms with van der Waals surface area (Å²) in [6.07, 6.45) is 4.13. The van der Waals surface area contributed by atoms with Crippen molar-refractivity contribution in [1.29, 1.82) is 0 Å². The number of ether oxygens (including phenoxy) is 1. The third-order valence-corrected chi connectivity index (χ3v) is 6.71. The van der Waals surface area contributed by atoms with E-state index in [0.717, 1.165) is 38.1 Å². The first-order valence-electron chi connectivity index (χ1n) is 10.8. The average Bonchev–Trinajstić information content (AvgIpc) is 3.08. The molecule has 33 heavy (non-hydrogen) atoms. The number of methoxy groups -OCH3 is 1. The van der Waals surface area contributed by atoms with Crippen LogP contribution in [0.15, 0.2) is 47.4 Å². The number of amides is 1. The zero-order valence-corrected chi connectivity index (χ0v) is 19.3. The SMILES string of the molecule is COC(=O)C(C)Sc1ccccc1C(=O)Nc1cc(-c2nnc3n2CCCCC3)ccc1F. The highest BCUT2D eigenvalue weighted by Gasteiger charge is 2.21. The number of anilines is 1. The second kappa shape index (κ2) is 10.2. The first-order chi connectivity index (χ1) is 16.0. The summed E-state index contributed by atoms with van der Waals surface area (Å²) >= 11 is 1.21. The minimum Gasteiger partial charge on any atom is -0.468 e. The van der Waals surface area contributed by atoms with E-state index in [0.29, 0.717) is 21.8 Å². The van der Waals surface area contributed by atoms with Gasteiger partial charge in [-0.05, 0) is 50.1 Å². The number of carbonyl (C=O) groups excluding carboxylic acids is 2. The Morgan fingerprint density at radius 2 is 1.97 bits per heavy atom. The number of halogens is 1. The smallest absolute Gasteiger partial charge is 0.318 e. The van der Waals surface area contributed by atoms with Gasteiger partial charge in [0.25, 0.3) is 5.91 Å². The lowest BCUT2D eigenvalue weighted by Gasteiger charge is -2.14. The molecule has 2 heterocycles. The molecule has 1 aliphatic heterocycles. The van der Waals surface area contributed by atoms with Crippen LogP contribution in [0.2, 0.25) is 0 Å². The Morgan fingerprint density at radius 1 is 1.15 bits per heavy atom. The summed E-state index contributed by atoms with van der Waals surface area (Å²) in [7, 11) is 1.32. The van der Waals surface area contributed by atoms with Crippen LogP contribution in [0, 0.1) is 5.82 Å². The fraction of sp³-hybridized carbons (Fsp3) is 0.333. The molecule has 0 aliphatic carbocycles. The van der Waals surface area contributed by atoms with Gasteiger partial charge < -0.3 is 14.6 Å². The molecule has 4 rings (SSSR count). The zero-order chi connectivity index (χ0) is 23.4. The largest absolute Gasteiger partial charge is 0.468 e. The molecule has 1 N–H and O–H groups in total. The predicted octanol–water partition coefficient (Wildman–Crippen LogP) is 4.72. The van der Waals surface area contributed by atoms with Crippen molar-refractivity contribution >= 4 is 29.3 Å². The molecule has 9 heteroatoms. The van der Waals surface area contributed by atoms with Crippen LogP contribution < -0.4 is 5.32 Å². The normalized spacial score (nSPS) is 14.2. The summed E-state index contributed by atoms with van der Waals surface area (Å²) in [4.78, 5) is 25.4. The van der Waals surface area contributed by atoms with E-state index in [1.54, 1.807) is 43.3 Å². The molecule has 172 valence electrons. The standard InChI is InChI=1S/C24H25FN4O3S/c1-15(24(31)32-2)33-20-9-6-5-8-17(20)23(30)26-19-14-16(11-12-18(19)25)22-28-27-21-10-4-3-7-13-29(21)22/h5-6,8-9,11-12,14-15H,3-4,7,10,13H2,1-2H3,(H,26,30). The Morgan fingerprint density at radius 3 is 2.79 bits per heavy atom. The maximum atomic E-state index is 14.6. The average molecular weight is 469 g/mol. The fourth-order valence-corrected chi connectivity index (χ4v) is 4.83. The lowest BCUT2D eigenvalue weighted by molar-refractivity contribution is -0.139. The predicted molar refractivity (Wildman–Crippen MR) is 125 cm³/mol. The Balaban J connectivity index is 1.59. The molecule has 0 saturated carbocycles. The van der Waals surface area contributed by atoms with Gasteiger partial charge in [0.15, 0.2) is 5.82 Å². The molecule has 7 nitrogen and oxygen atoms in total. The highest BCUT2D eigenvalue weighted by Crippen LogP contribution is 2.30. The molecule has 0 bridgehead atoms. The molecule has 3 aromatic rings. The zero-order valence-electron chi connectivity index (χ0n) is 18.5. The van der Waals surface area contributed by atoms with E-state index in [1.165, 1.54) is 24.9 Å². The van der Waals surface area contributed by atoms with E-state index in [-0.39, 0.29) is 11.7 Å². The number of hydrogen-bond donors (Lipinski definition) is 1. The van der Waals surface area contributed by atoms with Crippen molar-refractivity contribution in [2.45, 2.75) is 49.3 Å². The van der Waals surface area contributed by atoms with Crippen molar-refractivity contribution in [3.05, 3.63) is 59.7 Å². The summed E-state index contributed by atoms with van der Waals surface area (Å²) in [5, 5.41) is 10.8. The number of fused-ring (bicyclic) bond motifs is 1. The molecule has 1 amide bonds. The Bertz CT molecular complexity index is 1180. The van der Waals surface area contributed by atoms with E-state index in [9.17, 15) is 14.0 Å². The van der Waals surface area contributed by atoms with Crippen LogP contribution in [-0.2, 0) is 22.5 Å². The van der Waals surface area contributed by atoms with E-state index >= 15 is 0 Å². The number of nitrogens with zero attached hydrogens (tertiary/aromatic N) is 3. The summed E-state index contributed by atoms with van der Waals surface area (Å²) in [5.74, 6) is 0.205. The van der Waals surface area contributed by atoms with Gasteiger partial charge in [-0.2, -0.15) is 0 Å². The fourth-order valence-electron chi connectivity index (χ4n) is 3.81. The second-order valence-corrected chi connectivity index (χ2v) is 9.21. The van der Waals surface area contributed by atoms with Gasteiger partial charge >= 0.3 is 5.97 Å². The van der Waals surface area contributed by atoms with E-state index in [1.807, 2.05) is 0 Å². The van der Waals surface area contributed by atoms with Crippen molar-refractivity contribution in [1.82, 2.24) is 14.8 Å². The molecular weight excluding hydrogens is 443 g/mol. The molecule has 1 unspecified atom stereocenters. The second-order valence-electron chi connectivity index (χ2n) is 7.83. The van der Waals surface area contributed by atoms with Crippen LogP contribution in [0.4, 0.5) is 10.1 Å². The number of aromatic nitrogens is 3. The quantitative estimate of drug-likeness (QED) is 0.416. The topological polar surface area (TPSA) is 86.1 Å². The van der Waals surface area contributed by atoms with Crippen LogP contribution in [0.1, 0.15) is 42.4 Å². The number of aryl methyl sites for hydroxylation is 1. The van der Waals surface area contributed by atoms with Crippen molar-refractivity contribution < 1.29 is 18.7 Å². The molecule has 0 saturated heterocycles. The van der Waals surface area contributed by atoms with Crippen LogP contribution in [0.25, 0.3) is 11.4 Å². The van der Waals surface area contributed by atoms with Gasteiger partial charge in [0, 0.05) is 23.4 Å². The Labute approximate surface area is 195 Å². The molecule has 1 atom stereocenters. The van der Waals surface area contributed by atoms with Gasteiger partial charge in [-0.25, -0.2) is 4.39 Å². The molecule has 0 spiro atoms. The monoisotopic (exact) mass is 468 g/mol. The van der Waals surface area contributed by atoms with Crippen molar-refractivity contribution in [3.8, 4) is 11.4 Å². The van der Waals surface area contributed by atoms with Crippen LogP contribution in [0.5, 0.6) is 0 Å². The van der Waals surface area contributed by atoms with Gasteiger partial charge in [-0.3, -0.25) is 9.59 Å². The third kappa shape index (κ3) is 5.08. The summed E-state index contributed by atoms with van der Waals surface area (Å²) in [6.45, 7) is 2.52. The molecule has 0 fully saturated rings. The lowest BCUT2D eigenvalue weighted by Crippen LogP contribution is -2.17. The maximum absolute atomic E-state index is 14.6. The lowest BCUT2D eigenvalue weighted by atomic mass is 10.1. The highest BCUT2D eigenvalue weighted by atomic mass is 32.2. The molecule has 2 aromatic carbocycles. The first-order valence-corrected chi connectivity index (χ1v) is 11.7. The molecule has 1 aliphatic rings. The number of thioether (sulfide) groups is 1. The van der Waals surface area contributed by atoms with Gasteiger partial charge in [0.1, 0.15) is 16.9 Å². The number of carbonyl (C=O) groups is 2. The van der Waals surface area contributed by atoms with Crippen molar-refractivity contribution in [2.75, 3.05) is 12.4 Å². The molecular formula is C24H25FN4O3S. The number of esters is 1.